The summed E-state index contributed by atoms with van der Waals surface area (Å²) >= 11 is 1.12. The van der Waals surface area contributed by atoms with Crippen molar-refractivity contribution in [3.05, 3.63) is 64.4 Å². The molecule has 1 heterocycles. The molecule has 1 amide bonds. The van der Waals surface area contributed by atoms with Crippen LogP contribution in [0.5, 0.6) is 5.75 Å². The van der Waals surface area contributed by atoms with Gasteiger partial charge in [0.2, 0.25) is 5.91 Å². The summed E-state index contributed by atoms with van der Waals surface area (Å²) in [6.07, 6.45) is 0. The lowest BCUT2D eigenvalue weighted by Crippen LogP contribution is -2.17. The van der Waals surface area contributed by atoms with Crippen LogP contribution in [0, 0.1) is 6.92 Å². The minimum Gasteiger partial charge on any atom is -0.497 e. The molecular weight excluding hydrogens is 364 g/mol. The molecule has 0 unspecified atom stereocenters. The maximum Gasteiger partial charge on any atom is 0.278 e. The van der Waals surface area contributed by atoms with Gasteiger partial charge in [-0.25, -0.2) is 0 Å². The fraction of sp³-hybridized carbons (Fsp3) is 0.158. The van der Waals surface area contributed by atoms with Gasteiger partial charge in [-0.2, -0.15) is 0 Å². The maximum atomic E-state index is 12.3. The minimum atomic E-state index is -0.364. The molecule has 27 heavy (non-hydrogen) atoms. The highest BCUT2D eigenvalue weighted by Crippen LogP contribution is 2.19. The van der Waals surface area contributed by atoms with Gasteiger partial charge < -0.3 is 10.1 Å². The molecule has 3 rings (SSSR count). The molecule has 0 aliphatic heterocycles. The van der Waals surface area contributed by atoms with E-state index in [0.717, 1.165) is 23.0 Å². The van der Waals surface area contributed by atoms with Crippen LogP contribution in [-0.2, 0) is 4.79 Å². The van der Waals surface area contributed by atoms with Gasteiger partial charge in [0.15, 0.2) is 10.9 Å². The molecule has 8 heteroatoms. The van der Waals surface area contributed by atoms with E-state index in [9.17, 15) is 9.59 Å². The molecule has 3 aromatic rings. The average molecular weight is 382 g/mol. The number of rotatable bonds is 6. The molecule has 0 aliphatic rings. The third kappa shape index (κ3) is 4.73. The third-order valence-corrected chi connectivity index (χ3v) is 4.66. The van der Waals surface area contributed by atoms with Crippen molar-refractivity contribution in [2.75, 3.05) is 18.2 Å². The number of methoxy groups -OCH3 is 1. The van der Waals surface area contributed by atoms with Gasteiger partial charge in [0.05, 0.1) is 12.9 Å². The highest BCUT2D eigenvalue weighted by Gasteiger charge is 2.10. The van der Waals surface area contributed by atoms with Gasteiger partial charge in [0.1, 0.15) is 5.75 Å². The van der Waals surface area contributed by atoms with E-state index in [1.165, 1.54) is 0 Å². The van der Waals surface area contributed by atoms with E-state index in [0.29, 0.717) is 11.3 Å². The Balaban J connectivity index is 1.64. The number of nitrogens with one attached hydrogen (secondary N) is 2. The maximum absolute atomic E-state index is 12.3. The molecule has 7 nitrogen and oxygen atoms in total. The Labute approximate surface area is 160 Å². The summed E-state index contributed by atoms with van der Waals surface area (Å²) < 4.78 is 5.10. The molecule has 138 valence electrons. The van der Waals surface area contributed by atoms with Crippen molar-refractivity contribution in [1.29, 1.82) is 0 Å². The lowest BCUT2D eigenvalue weighted by Gasteiger charge is -2.07. The zero-order valence-corrected chi connectivity index (χ0v) is 15.7. The molecule has 0 aliphatic carbocycles. The second-order valence-electron chi connectivity index (χ2n) is 5.69. The number of H-pyrrole nitrogens is 1. The van der Waals surface area contributed by atoms with E-state index in [4.69, 9.17) is 4.74 Å². The molecular formula is C19H18N4O3S. The first kappa shape index (κ1) is 18.7. The first-order valence-electron chi connectivity index (χ1n) is 8.16. The third-order valence-electron chi connectivity index (χ3n) is 3.80. The van der Waals surface area contributed by atoms with Crippen molar-refractivity contribution < 1.29 is 9.53 Å². The number of ether oxygens (including phenoxy) is 1. The van der Waals surface area contributed by atoms with Crippen LogP contribution in [-0.4, -0.2) is 34.0 Å². The van der Waals surface area contributed by atoms with Gasteiger partial charge in [-0.1, -0.05) is 30.0 Å². The number of hydrogen-bond acceptors (Lipinski definition) is 6. The molecule has 0 fully saturated rings. The number of anilines is 1. The highest BCUT2D eigenvalue weighted by atomic mass is 32.2. The van der Waals surface area contributed by atoms with Gasteiger partial charge in [-0.3, -0.25) is 14.6 Å². The number of aryl methyl sites for hydroxylation is 1. The van der Waals surface area contributed by atoms with Crippen molar-refractivity contribution in [2.45, 2.75) is 12.1 Å². The van der Waals surface area contributed by atoms with E-state index in [1.807, 2.05) is 31.2 Å². The summed E-state index contributed by atoms with van der Waals surface area (Å²) in [5.74, 6) is 0.618. The minimum absolute atomic E-state index is 0.112. The van der Waals surface area contributed by atoms with Crippen LogP contribution >= 0.6 is 11.8 Å². The lowest BCUT2D eigenvalue weighted by molar-refractivity contribution is -0.113. The van der Waals surface area contributed by atoms with Crippen LogP contribution in [0.4, 0.5) is 5.69 Å². The van der Waals surface area contributed by atoms with Crippen molar-refractivity contribution in [1.82, 2.24) is 15.2 Å². The predicted molar refractivity (Wildman–Crippen MR) is 105 cm³/mol. The fourth-order valence-corrected chi connectivity index (χ4v) is 2.96. The number of amides is 1. The number of benzene rings is 2. The van der Waals surface area contributed by atoms with Crippen LogP contribution in [0.2, 0.25) is 0 Å². The molecule has 0 spiro atoms. The summed E-state index contributed by atoms with van der Waals surface area (Å²) in [7, 11) is 1.57. The van der Waals surface area contributed by atoms with E-state index >= 15 is 0 Å². The van der Waals surface area contributed by atoms with Crippen LogP contribution < -0.4 is 15.6 Å². The Morgan fingerprint density at radius 3 is 2.56 bits per heavy atom. The number of carbonyl (C=O) groups excluding carboxylic acids is 1. The van der Waals surface area contributed by atoms with E-state index in [2.05, 4.69) is 20.5 Å². The molecule has 0 atom stereocenters. The Bertz CT molecular complexity index is 1000. The van der Waals surface area contributed by atoms with Crippen molar-refractivity contribution in [2.24, 2.45) is 0 Å². The Morgan fingerprint density at radius 2 is 1.89 bits per heavy atom. The SMILES string of the molecule is COc1ccc(-c2nnc(SCC(=O)Nc3ccccc3C)[nH]c2=O)cc1. The quantitative estimate of drug-likeness (QED) is 0.636. The molecule has 0 saturated heterocycles. The van der Waals surface area contributed by atoms with Gasteiger partial charge in [-0.15, -0.1) is 10.2 Å². The topological polar surface area (TPSA) is 97.0 Å². The monoisotopic (exact) mass is 382 g/mol. The Hall–Kier alpha value is -3.13. The van der Waals surface area contributed by atoms with Crippen LogP contribution in [0.1, 0.15) is 5.56 Å². The molecule has 0 radical (unpaired) electrons. The number of thioether (sulfide) groups is 1. The summed E-state index contributed by atoms with van der Waals surface area (Å²) in [5.41, 5.74) is 2.23. The summed E-state index contributed by atoms with van der Waals surface area (Å²) in [5, 5.41) is 11.1. The first-order valence-corrected chi connectivity index (χ1v) is 9.15. The second kappa shape index (κ2) is 8.50. The lowest BCUT2D eigenvalue weighted by atomic mass is 10.1. The van der Waals surface area contributed by atoms with Crippen LogP contribution in [0.25, 0.3) is 11.3 Å². The Morgan fingerprint density at radius 1 is 1.15 bits per heavy atom. The highest BCUT2D eigenvalue weighted by molar-refractivity contribution is 7.99. The summed E-state index contributed by atoms with van der Waals surface area (Å²) in [4.78, 5) is 27.0. The van der Waals surface area contributed by atoms with E-state index < -0.39 is 0 Å². The molecule has 1 aromatic heterocycles. The van der Waals surface area contributed by atoms with Crippen LogP contribution in [0.3, 0.4) is 0 Å². The predicted octanol–water partition coefficient (Wildman–Crippen LogP) is 2.88. The molecule has 2 N–H and O–H groups in total. The standard InChI is InChI=1S/C19H18N4O3S/c1-12-5-3-4-6-15(12)20-16(24)11-27-19-21-18(25)17(22-23-19)13-7-9-14(26-2)10-8-13/h3-10H,11H2,1-2H3,(H,20,24)(H,21,23,25). The van der Waals surface area contributed by atoms with Crippen molar-refractivity contribution in [3.8, 4) is 17.0 Å². The molecule has 0 saturated carbocycles. The van der Waals surface area contributed by atoms with Gasteiger partial charge >= 0.3 is 0 Å². The second-order valence-corrected chi connectivity index (χ2v) is 6.65. The molecule has 2 aromatic carbocycles. The average Bonchev–Trinajstić information content (AvgIpc) is 2.68. The Kier molecular flexibility index (Phi) is 5.87. The normalized spacial score (nSPS) is 10.4. The van der Waals surface area contributed by atoms with Crippen molar-refractivity contribution >= 4 is 23.4 Å². The van der Waals surface area contributed by atoms with Crippen molar-refractivity contribution in [3.63, 3.8) is 0 Å². The first-order chi connectivity index (χ1) is 13.1. The zero-order valence-electron chi connectivity index (χ0n) is 14.9. The number of nitrogens with zero attached hydrogens (tertiary/aromatic N) is 2. The smallest absolute Gasteiger partial charge is 0.278 e. The van der Waals surface area contributed by atoms with E-state index in [1.54, 1.807) is 31.4 Å². The molecule has 0 bridgehead atoms. The van der Waals surface area contributed by atoms with Gasteiger partial charge in [-0.05, 0) is 42.8 Å². The number of para-hydroxylation sites is 1. The number of hydrogen-bond donors (Lipinski definition) is 2. The van der Waals surface area contributed by atoms with Gasteiger partial charge in [0.25, 0.3) is 5.56 Å². The summed E-state index contributed by atoms with van der Waals surface area (Å²) in [6.45, 7) is 1.92. The summed E-state index contributed by atoms with van der Waals surface area (Å²) in [6, 6.07) is 14.5. The fourth-order valence-electron chi connectivity index (χ4n) is 2.36. The van der Waals surface area contributed by atoms with Gasteiger partial charge in [0, 0.05) is 11.3 Å². The number of aromatic nitrogens is 3. The zero-order chi connectivity index (χ0) is 19.2. The van der Waals surface area contributed by atoms with Crippen LogP contribution in [0.15, 0.2) is 58.5 Å². The van der Waals surface area contributed by atoms with E-state index in [-0.39, 0.29) is 28.1 Å². The largest absolute Gasteiger partial charge is 0.497 e. The number of carbonyl (C=O) groups is 1. The number of aromatic amines is 1.